The maximum absolute atomic E-state index is 13.2. The summed E-state index contributed by atoms with van der Waals surface area (Å²) in [6.07, 6.45) is 1.58. The number of likely N-dealkylation sites (tertiary alicyclic amines) is 1. The van der Waals surface area contributed by atoms with Crippen molar-refractivity contribution in [3.8, 4) is 0 Å². The Bertz CT molecular complexity index is 575. The largest absolute Gasteiger partial charge is 0.481 e. The molecule has 0 radical (unpaired) electrons. The third-order valence-corrected chi connectivity index (χ3v) is 4.57. The molecule has 0 bridgehead atoms. The van der Waals surface area contributed by atoms with Gasteiger partial charge in [-0.1, -0.05) is 26.0 Å². The Morgan fingerprint density at radius 1 is 1.43 bits per heavy atom. The van der Waals surface area contributed by atoms with E-state index in [1.165, 1.54) is 12.1 Å². The predicted molar refractivity (Wildman–Crippen MR) is 85.4 cm³/mol. The zero-order chi connectivity index (χ0) is 17.0. The van der Waals surface area contributed by atoms with Gasteiger partial charge in [0.15, 0.2) is 0 Å². The smallest absolute Gasteiger partial charge is 0.306 e. The van der Waals surface area contributed by atoms with Crippen molar-refractivity contribution in [2.75, 3.05) is 13.1 Å². The van der Waals surface area contributed by atoms with Crippen LogP contribution in [0, 0.1) is 23.6 Å². The number of aliphatic carboxylic acids is 1. The second-order valence-electron chi connectivity index (χ2n) is 6.69. The minimum absolute atomic E-state index is 0.0243. The summed E-state index contributed by atoms with van der Waals surface area (Å²) >= 11 is 0. The third-order valence-electron chi connectivity index (χ3n) is 4.57. The number of carboxylic acid groups (broad SMARTS) is 1. The SMILES string of the molecule is CC(CC(=O)N1CCC(C(=O)O)C(C)C1)Cc1cccc(F)c1. The normalized spacial score (nSPS) is 22.7. The lowest BCUT2D eigenvalue weighted by Crippen LogP contribution is -2.45. The summed E-state index contributed by atoms with van der Waals surface area (Å²) in [6.45, 7) is 4.87. The number of piperidine rings is 1. The van der Waals surface area contributed by atoms with Crippen LogP contribution in [-0.2, 0) is 16.0 Å². The number of benzene rings is 1. The van der Waals surface area contributed by atoms with Gasteiger partial charge < -0.3 is 10.0 Å². The van der Waals surface area contributed by atoms with Gasteiger partial charge >= 0.3 is 5.97 Å². The van der Waals surface area contributed by atoms with Crippen molar-refractivity contribution in [3.05, 3.63) is 35.6 Å². The lowest BCUT2D eigenvalue weighted by atomic mass is 9.86. The van der Waals surface area contributed by atoms with Gasteiger partial charge in [0.2, 0.25) is 5.91 Å². The van der Waals surface area contributed by atoms with Crippen molar-refractivity contribution in [2.24, 2.45) is 17.8 Å². The summed E-state index contributed by atoms with van der Waals surface area (Å²) in [7, 11) is 0. The van der Waals surface area contributed by atoms with Gasteiger partial charge in [0, 0.05) is 19.5 Å². The Kier molecular flexibility index (Phi) is 5.74. The maximum atomic E-state index is 13.2. The van der Waals surface area contributed by atoms with Gasteiger partial charge in [-0.25, -0.2) is 4.39 Å². The van der Waals surface area contributed by atoms with E-state index >= 15 is 0 Å². The molecule has 0 saturated carbocycles. The van der Waals surface area contributed by atoms with Crippen molar-refractivity contribution in [1.82, 2.24) is 4.90 Å². The minimum atomic E-state index is -0.774. The fourth-order valence-corrected chi connectivity index (χ4v) is 3.30. The summed E-state index contributed by atoms with van der Waals surface area (Å²) in [6, 6.07) is 6.46. The Morgan fingerprint density at radius 2 is 2.17 bits per heavy atom. The predicted octanol–water partition coefficient (Wildman–Crippen LogP) is 2.96. The third kappa shape index (κ3) is 4.78. The van der Waals surface area contributed by atoms with Crippen LogP contribution in [0.1, 0.15) is 32.3 Å². The van der Waals surface area contributed by atoms with Gasteiger partial charge in [-0.05, 0) is 42.4 Å². The van der Waals surface area contributed by atoms with E-state index in [0.717, 1.165) is 5.56 Å². The number of hydrogen-bond donors (Lipinski definition) is 1. The molecule has 5 heteroatoms. The molecule has 1 heterocycles. The van der Waals surface area contributed by atoms with Crippen molar-refractivity contribution in [2.45, 2.75) is 33.1 Å². The van der Waals surface area contributed by atoms with Crippen LogP contribution >= 0.6 is 0 Å². The fraction of sp³-hybridized carbons (Fsp3) is 0.556. The Balaban J connectivity index is 1.86. The molecule has 4 nitrogen and oxygen atoms in total. The monoisotopic (exact) mass is 321 g/mol. The molecular weight excluding hydrogens is 297 g/mol. The Labute approximate surface area is 136 Å². The van der Waals surface area contributed by atoms with Crippen LogP contribution in [0.2, 0.25) is 0 Å². The van der Waals surface area contributed by atoms with E-state index in [0.29, 0.717) is 32.4 Å². The lowest BCUT2D eigenvalue weighted by molar-refractivity contribution is -0.148. The molecule has 1 fully saturated rings. The first-order valence-electron chi connectivity index (χ1n) is 8.12. The van der Waals surface area contributed by atoms with Crippen LogP contribution in [0.3, 0.4) is 0 Å². The molecular formula is C18H24FNO3. The number of amides is 1. The molecule has 126 valence electrons. The second-order valence-corrected chi connectivity index (χ2v) is 6.69. The van der Waals surface area contributed by atoms with Gasteiger partial charge in [0.05, 0.1) is 5.92 Å². The van der Waals surface area contributed by atoms with E-state index < -0.39 is 5.97 Å². The molecule has 1 aromatic rings. The summed E-state index contributed by atoms with van der Waals surface area (Å²) in [5.41, 5.74) is 0.892. The number of halogens is 1. The zero-order valence-electron chi connectivity index (χ0n) is 13.7. The van der Waals surface area contributed by atoms with E-state index in [4.69, 9.17) is 5.11 Å². The van der Waals surface area contributed by atoms with Gasteiger partial charge in [0.1, 0.15) is 5.82 Å². The highest BCUT2D eigenvalue weighted by atomic mass is 19.1. The van der Waals surface area contributed by atoms with Crippen molar-refractivity contribution in [1.29, 1.82) is 0 Å². The molecule has 3 atom stereocenters. The van der Waals surface area contributed by atoms with Crippen LogP contribution in [0.4, 0.5) is 4.39 Å². The second kappa shape index (κ2) is 7.57. The topological polar surface area (TPSA) is 57.6 Å². The van der Waals surface area contributed by atoms with Crippen molar-refractivity contribution in [3.63, 3.8) is 0 Å². The van der Waals surface area contributed by atoms with Crippen LogP contribution in [0.15, 0.2) is 24.3 Å². The molecule has 1 saturated heterocycles. The molecule has 1 aliphatic rings. The summed E-state index contributed by atoms with van der Waals surface area (Å²) in [5.74, 6) is -1.23. The molecule has 2 rings (SSSR count). The highest BCUT2D eigenvalue weighted by molar-refractivity contribution is 5.77. The molecule has 23 heavy (non-hydrogen) atoms. The van der Waals surface area contributed by atoms with E-state index in [1.54, 1.807) is 11.0 Å². The van der Waals surface area contributed by atoms with E-state index in [9.17, 15) is 14.0 Å². The quantitative estimate of drug-likeness (QED) is 0.907. The highest BCUT2D eigenvalue weighted by Crippen LogP contribution is 2.25. The molecule has 0 aliphatic carbocycles. The number of hydrogen-bond acceptors (Lipinski definition) is 2. The molecule has 1 aliphatic heterocycles. The van der Waals surface area contributed by atoms with Crippen LogP contribution in [0.5, 0.6) is 0 Å². The molecule has 0 spiro atoms. The summed E-state index contributed by atoms with van der Waals surface area (Å²) in [5, 5.41) is 9.13. The van der Waals surface area contributed by atoms with Crippen LogP contribution in [0.25, 0.3) is 0 Å². The Hall–Kier alpha value is -1.91. The average Bonchev–Trinajstić information content (AvgIpc) is 2.46. The number of carboxylic acids is 1. The van der Waals surface area contributed by atoms with E-state index in [-0.39, 0.29) is 29.5 Å². The van der Waals surface area contributed by atoms with Crippen LogP contribution in [-0.4, -0.2) is 35.0 Å². The molecule has 1 aromatic carbocycles. The van der Waals surface area contributed by atoms with Crippen molar-refractivity contribution >= 4 is 11.9 Å². The van der Waals surface area contributed by atoms with E-state index in [2.05, 4.69) is 0 Å². The number of carbonyl (C=O) groups excluding carboxylic acids is 1. The molecule has 1 N–H and O–H groups in total. The maximum Gasteiger partial charge on any atom is 0.306 e. The number of carbonyl (C=O) groups is 2. The lowest BCUT2D eigenvalue weighted by Gasteiger charge is -2.35. The zero-order valence-corrected chi connectivity index (χ0v) is 13.7. The molecule has 1 amide bonds. The summed E-state index contributed by atoms with van der Waals surface area (Å²) in [4.78, 5) is 25.3. The van der Waals surface area contributed by atoms with Gasteiger partial charge in [0.25, 0.3) is 0 Å². The van der Waals surface area contributed by atoms with Gasteiger partial charge in [-0.2, -0.15) is 0 Å². The van der Waals surface area contributed by atoms with E-state index in [1.807, 2.05) is 19.9 Å². The number of rotatable bonds is 5. The first-order chi connectivity index (χ1) is 10.9. The first kappa shape index (κ1) is 17.4. The standard InChI is InChI=1S/C18H24FNO3/c1-12(8-14-4-3-5-15(19)10-14)9-17(21)20-7-6-16(18(22)23)13(2)11-20/h3-5,10,12-13,16H,6-9,11H2,1-2H3,(H,22,23). The number of nitrogens with zero attached hydrogens (tertiary/aromatic N) is 1. The molecule has 3 unspecified atom stereocenters. The minimum Gasteiger partial charge on any atom is -0.481 e. The first-order valence-corrected chi connectivity index (χ1v) is 8.12. The van der Waals surface area contributed by atoms with Gasteiger partial charge in [-0.3, -0.25) is 9.59 Å². The fourth-order valence-electron chi connectivity index (χ4n) is 3.30. The van der Waals surface area contributed by atoms with Crippen molar-refractivity contribution < 1.29 is 19.1 Å². The molecule has 0 aromatic heterocycles. The summed E-state index contributed by atoms with van der Waals surface area (Å²) < 4.78 is 13.2. The van der Waals surface area contributed by atoms with Gasteiger partial charge in [-0.15, -0.1) is 0 Å². The highest BCUT2D eigenvalue weighted by Gasteiger charge is 2.33. The van der Waals surface area contributed by atoms with Crippen LogP contribution < -0.4 is 0 Å². The average molecular weight is 321 g/mol. The Morgan fingerprint density at radius 3 is 2.78 bits per heavy atom.